The maximum Gasteiger partial charge on any atom is 0.224 e. The highest BCUT2D eigenvalue weighted by Crippen LogP contribution is 2.30. The number of para-hydroxylation sites is 1. The van der Waals surface area contributed by atoms with E-state index < -0.39 is 0 Å². The summed E-state index contributed by atoms with van der Waals surface area (Å²) in [7, 11) is 0. The second kappa shape index (κ2) is 10.7. The molecule has 7 heteroatoms. The number of fused-ring (bicyclic) bond motifs is 1. The standard InChI is InChI=1S/C24H32N4O2S/c1-2-25-24(27-15-19-5-3-4-6-21(19)30-17-18-7-8-18)26-12-9-23(29)28-13-10-22-20(16-28)11-14-31-22/h3-6,11,14,18H,2,7-10,12-13,15-17H2,1H3,(H2,25,26,27). The van der Waals surface area contributed by atoms with Gasteiger partial charge in [-0.15, -0.1) is 11.3 Å². The molecule has 0 unspecified atom stereocenters. The highest BCUT2D eigenvalue weighted by molar-refractivity contribution is 7.10. The normalized spacial score (nSPS) is 16.0. The predicted octanol–water partition coefficient (Wildman–Crippen LogP) is 3.57. The van der Waals surface area contributed by atoms with Crippen molar-refractivity contribution in [3.63, 3.8) is 0 Å². The van der Waals surface area contributed by atoms with Crippen LogP contribution in [0.4, 0.5) is 0 Å². The van der Waals surface area contributed by atoms with E-state index in [-0.39, 0.29) is 5.91 Å². The van der Waals surface area contributed by atoms with E-state index in [1.807, 2.05) is 30.0 Å². The molecule has 1 fully saturated rings. The van der Waals surface area contributed by atoms with Crippen molar-refractivity contribution in [1.82, 2.24) is 15.5 Å². The molecule has 1 saturated carbocycles. The van der Waals surface area contributed by atoms with Crippen LogP contribution in [0.3, 0.4) is 0 Å². The smallest absolute Gasteiger partial charge is 0.224 e. The molecule has 0 saturated heterocycles. The maximum absolute atomic E-state index is 12.6. The van der Waals surface area contributed by atoms with Crippen molar-refractivity contribution >= 4 is 23.2 Å². The third-order valence-corrected chi connectivity index (χ3v) is 6.71. The van der Waals surface area contributed by atoms with Crippen molar-refractivity contribution in [3.8, 4) is 5.75 Å². The summed E-state index contributed by atoms with van der Waals surface area (Å²) in [5.74, 6) is 2.56. The van der Waals surface area contributed by atoms with Crippen LogP contribution in [0.2, 0.25) is 0 Å². The number of carbonyl (C=O) groups is 1. The molecule has 2 N–H and O–H groups in total. The maximum atomic E-state index is 12.6. The van der Waals surface area contributed by atoms with Crippen LogP contribution in [0.25, 0.3) is 0 Å². The molecule has 0 atom stereocenters. The van der Waals surface area contributed by atoms with Gasteiger partial charge in [-0.2, -0.15) is 0 Å². The van der Waals surface area contributed by atoms with Crippen molar-refractivity contribution in [2.45, 2.75) is 45.7 Å². The second-order valence-electron chi connectivity index (χ2n) is 8.17. The fourth-order valence-corrected chi connectivity index (χ4v) is 4.57. The minimum Gasteiger partial charge on any atom is -0.493 e. The fourth-order valence-electron chi connectivity index (χ4n) is 3.68. The van der Waals surface area contributed by atoms with Gasteiger partial charge in [0, 0.05) is 43.0 Å². The van der Waals surface area contributed by atoms with E-state index in [2.05, 4.69) is 28.1 Å². The van der Waals surface area contributed by atoms with Crippen LogP contribution in [0.15, 0.2) is 40.7 Å². The van der Waals surface area contributed by atoms with E-state index in [4.69, 9.17) is 9.73 Å². The van der Waals surface area contributed by atoms with Crippen molar-refractivity contribution < 1.29 is 9.53 Å². The lowest BCUT2D eigenvalue weighted by Gasteiger charge is -2.27. The van der Waals surface area contributed by atoms with Crippen LogP contribution >= 0.6 is 11.3 Å². The quantitative estimate of drug-likeness (QED) is 0.462. The van der Waals surface area contributed by atoms with E-state index >= 15 is 0 Å². The van der Waals surface area contributed by atoms with Crippen LogP contribution in [0.5, 0.6) is 5.75 Å². The first kappa shape index (κ1) is 21.7. The highest BCUT2D eigenvalue weighted by Gasteiger charge is 2.22. The number of amides is 1. The monoisotopic (exact) mass is 440 g/mol. The average Bonchev–Trinajstić information content (AvgIpc) is 3.50. The number of nitrogens with zero attached hydrogens (tertiary/aromatic N) is 2. The van der Waals surface area contributed by atoms with Crippen LogP contribution in [-0.2, 0) is 24.3 Å². The van der Waals surface area contributed by atoms with Gasteiger partial charge in [-0.3, -0.25) is 4.79 Å². The van der Waals surface area contributed by atoms with E-state index in [1.165, 1.54) is 23.3 Å². The van der Waals surface area contributed by atoms with Crippen molar-refractivity contribution in [2.75, 3.05) is 26.2 Å². The molecule has 166 valence electrons. The number of thiophene rings is 1. The zero-order valence-electron chi connectivity index (χ0n) is 18.2. The van der Waals surface area contributed by atoms with Gasteiger partial charge in [0.15, 0.2) is 5.96 Å². The number of carbonyl (C=O) groups excluding carboxylic acids is 1. The first-order valence-corrected chi connectivity index (χ1v) is 12.2. The lowest BCUT2D eigenvalue weighted by Crippen LogP contribution is -2.41. The van der Waals surface area contributed by atoms with Gasteiger partial charge in [0.05, 0.1) is 13.2 Å². The number of rotatable bonds is 9. The largest absolute Gasteiger partial charge is 0.493 e. The summed E-state index contributed by atoms with van der Waals surface area (Å²) in [6.45, 7) is 6.27. The Hall–Kier alpha value is -2.54. The Morgan fingerprint density at radius 1 is 1.26 bits per heavy atom. The number of benzene rings is 1. The first-order chi connectivity index (χ1) is 15.2. The lowest BCUT2D eigenvalue weighted by molar-refractivity contribution is -0.131. The summed E-state index contributed by atoms with van der Waals surface area (Å²) in [4.78, 5) is 20.7. The molecule has 1 aromatic carbocycles. The number of guanidine groups is 1. The molecule has 1 aliphatic heterocycles. The van der Waals surface area contributed by atoms with Crippen molar-refractivity contribution in [1.29, 1.82) is 0 Å². The minimum atomic E-state index is 0.194. The Morgan fingerprint density at radius 2 is 2.13 bits per heavy atom. The molecule has 0 spiro atoms. The Morgan fingerprint density at radius 3 is 2.97 bits per heavy atom. The summed E-state index contributed by atoms with van der Waals surface area (Å²) in [5, 5.41) is 8.70. The van der Waals surface area contributed by atoms with Gasteiger partial charge in [0.1, 0.15) is 5.75 Å². The topological polar surface area (TPSA) is 66.0 Å². The molecular weight excluding hydrogens is 408 g/mol. The number of hydrogen-bond donors (Lipinski definition) is 2. The van der Waals surface area contributed by atoms with Gasteiger partial charge in [-0.25, -0.2) is 4.99 Å². The number of hydrogen-bond acceptors (Lipinski definition) is 4. The van der Waals surface area contributed by atoms with Gasteiger partial charge >= 0.3 is 0 Å². The van der Waals surface area contributed by atoms with Crippen LogP contribution < -0.4 is 15.4 Å². The van der Waals surface area contributed by atoms with E-state index in [0.717, 1.165) is 55.9 Å². The average molecular weight is 441 g/mol. The van der Waals surface area contributed by atoms with Gasteiger partial charge in [0.25, 0.3) is 0 Å². The molecule has 2 heterocycles. The molecule has 1 aromatic heterocycles. The zero-order chi connectivity index (χ0) is 21.5. The molecule has 1 aliphatic carbocycles. The van der Waals surface area contributed by atoms with Gasteiger partial charge in [-0.1, -0.05) is 18.2 Å². The Balaban J connectivity index is 1.27. The second-order valence-corrected chi connectivity index (χ2v) is 9.17. The number of aliphatic imine (C=N–C) groups is 1. The van der Waals surface area contributed by atoms with E-state index in [1.54, 1.807) is 11.3 Å². The molecule has 2 aromatic rings. The van der Waals surface area contributed by atoms with Crippen LogP contribution in [0, 0.1) is 5.92 Å². The molecule has 4 rings (SSSR count). The summed E-state index contributed by atoms with van der Waals surface area (Å²) in [6, 6.07) is 10.2. The fraction of sp³-hybridized carbons (Fsp3) is 0.500. The Labute approximate surface area is 188 Å². The predicted molar refractivity (Wildman–Crippen MR) is 126 cm³/mol. The molecule has 2 aliphatic rings. The van der Waals surface area contributed by atoms with Crippen LogP contribution in [-0.4, -0.2) is 43.0 Å². The van der Waals surface area contributed by atoms with E-state index in [0.29, 0.717) is 19.5 Å². The van der Waals surface area contributed by atoms with Gasteiger partial charge in [0.2, 0.25) is 5.91 Å². The highest BCUT2D eigenvalue weighted by atomic mass is 32.1. The third kappa shape index (κ3) is 6.23. The van der Waals surface area contributed by atoms with Gasteiger partial charge in [-0.05, 0) is 55.2 Å². The summed E-state index contributed by atoms with van der Waals surface area (Å²) >= 11 is 1.80. The summed E-state index contributed by atoms with van der Waals surface area (Å²) in [5.41, 5.74) is 2.38. The zero-order valence-corrected chi connectivity index (χ0v) is 19.0. The number of ether oxygens (including phenoxy) is 1. The molecule has 1 amide bonds. The SMILES string of the molecule is CCNC(=NCc1ccccc1OCC1CC1)NCCC(=O)N1CCc2sccc2C1. The summed E-state index contributed by atoms with van der Waals surface area (Å²) < 4.78 is 5.99. The Bertz CT molecular complexity index is 906. The molecule has 0 bridgehead atoms. The molecule has 0 radical (unpaired) electrons. The van der Waals surface area contributed by atoms with E-state index in [9.17, 15) is 4.79 Å². The first-order valence-electron chi connectivity index (χ1n) is 11.3. The van der Waals surface area contributed by atoms with Crippen LogP contribution in [0.1, 0.15) is 42.2 Å². The molecule has 6 nitrogen and oxygen atoms in total. The van der Waals surface area contributed by atoms with Crippen molar-refractivity contribution in [2.24, 2.45) is 10.9 Å². The summed E-state index contributed by atoms with van der Waals surface area (Å²) in [6.07, 6.45) is 3.99. The molecule has 31 heavy (non-hydrogen) atoms. The number of nitrogens with one attached hydrogen (secondary N) is 2. The third-order valence-electron chi connectivity index (χ3n) is 5.69. The van der Waals surface area contributed by atoms with Crippen molar-refractivity contribution in [3.05, 3.63) is 51.7 Å². The Kier molecular flexibility index (Phi) is 7.46. The van der Waals surface area contributed by atoms with Gasteiger partial charge < -0.3 is 20.3 Å². The molecular formula is C24H32N4O2S. The lowest BCUT2D eigenvalue weighted by atomic mass is 10.1. The minimum absolute atomic E-state index is 0.194.